The van der Waals surface area contributed by atoms with Gasteiger partial charge in [-0.2, -0.15) is 5.10 Å². The molecule has 0 aliphatic heterocycles. The lowest BCUT2D eigenvalue weighted by Gasteiger charge is -2.05. The number of amides is 1. The molecule has 0 atom stereocenters. The van der Waals surface area contributed by atoms with Crippen molar-refractivity contribution >= 4 is 34.1 Å². The quantitative estimate of drug-likeness (QED) is 0.775. The minimum atomic E-state index is -0.0637. The van der Waals surface area contributed by atoms with Gasteiger partial charge in [-0.3, -0.25) is 9.89 Å². The van der Waals surface area contributed by atoms with Crippen LogP contribution in [0.3, 0.4) is 0 Å². The van der Waals surface area contributed by atoms with Crippen LogP contribution in [0.4, 0.5) is 5.69 Å². The molecule has 1 aromatic heterocycles. The molecular formula is C15H12ClN3O. The number of fused-ring (bicyclic) bond motifs is 1. The minimum Gasteiger partial charge on any atom is -0.326 e. The van der Waals surface area contributed by atoms with E-state index in [1.54, 1.807) is 18.3 Å². The topological polar surface area (TPSA) is 57.8 Å². The molecule has 20 heavy (non-hydrogen) atoms. The van der Waals surface area contributed by atoms with Crippen molar-refractivity contribution in [3.63, 3.8) is 0 Å². The van der Waals surface area contributed by atoms with Crippen molar-refractivity contribution < 1.29 is 4.79 Å². The number of halogens is 1. The summed E-state index contributed by atoms with van der Waals surface area (Å²) in [5.41, 5.74) is 2.57. The fourth-order valence-corrected chi connectivity index (χ4v) is 2.13. The highest BCUT2D eigenvalue weighted by molar-refractivity contribution is 6.30. The standard InChI is InChI=1S/C15H12ClN3O/c16-12-4-1-10(2-5-12)7-15(20)18-13-6-3-11-9-17-19-14(11)8-13/h1-6,8-9H,7H2,(H,17,19)(H,18,20). The van der Waals surface area contributed by atoms with Crippen LogP contribution in [-0.2, 0) is 11.2 Å². The third-order valence-corrected chi connectivity index (χ3v) is 3.26. The van der Waals surface area contributed by atoms with Crippen LogP contribution in [0.15, 0.2) is 48.7 Å². The SMILES string of the molecule is O=C(Cc1ccc(Cl)cc1)Nc1ccc2cn[nH]c2c1. The van der Waals surface area contributed by atoms with Gasteiger partial charge >= 0.3 is 0 Å². The molecular weight excluding hydrogens is 274 g/mol. The maximum atomic E-state index is 12.0. The molecule has 0 saturated heterocycles. The molecule has 1 heterocycles. The maximum absolute atomic E-state index is 12.0. The van der Waals surface area contributed by atoms with Crippen LogP contribution >= 0.6 is 11.6 Å². The number of carbonyl (C=O) groups is 1. The molecule has 0 radical (unpaired) electrons. The highest BCUT2D eigenvalue weighted by Gasteiger charge is 2.05. The maximum Gasteiger partial charge on any atom is 0.228 e. The molecule has 0 fully saturated rings. The minimum absolute atomic E-state index is 0.0637. The van der Waals surface area contributed by atoms with Crippen molar-refractivity contribution in [3.8, 4) is 0 Å². The fraction of sp³-hybridized carbons (Fsp3) is 0.0667. The average Bonchev–Trinajstić information content (AvgIpc) is 2.89. The van der Waals surface area contributed by atoms with E-state index >= 15 is 0 Å². The Bertz CT molecular complexity index is 749. The summed E-state index contributed by atoms with van der Waals surface area (Å²) in [5.74, 6) is -0.0637. The summed E-state index contributed by atoms with van der Waals surface area (Å²) < 4.78 is 0. The van der Waals surface area contributed by atoms with Gasteiger partial charge in [0, 0.05) is 16.1 Å². The van der Waals surface area contributed by atoms with Gasteiger partial charge in [0.05, 0.1) is 18.1 Å². The Morgan fingerprint density at radius 1 is 1.20 bits per heavy atom. The Kier molecular flexibility index (Phi) is 3.39. The Hall–Kier alpha value is -2.33. The van der Waals surface area contributed by atoms with Crippen LogP contribution in [0.5, 0.6) is 0 Å². The van der Waals surface area contributed by atoms with Crippen LogP contribution in [0, 0.1) is 0 Å². The highest BCUT2D eigenvalue weighted by atomic mass is 35.5. The number of carbonyl (C=O) groups excluding carboxylic acids is 1. The first-order valence-electron chi connectivity index (χ1n) is 6.18. The third-order valence-electron chi connectivity index (χ3n) is 3.00. The zero-order chi connectivity index (χ0) is 13.9. The molecule has 0 unspecified atom stereocenters. The van der Waals surface area contributed by atoms with E-state index < -0.39 is 0 Å². The zero-order valence-electron chi connectivity index (χ0n) is 10.6. The van der Waals surface area contributed by atoms with E-state index in [1.807, 2.05) is 30.3 Å². The zero-order valence-corrected chi connectivity index (χ0v) is 11.3. The van der Waals surface area contributed by atoms with Crippen LogP contribution in [-0.4, -0.2) is 16.1 Å². The predicted molar refractivity (Wildman–Crippen MR) is 79.9 cm³/mol. The van der Waals surface area contributed by atoms with Crippen molar-refractivity contribution in [2.75, 3.05) is 5.32 Å². The van der Waals surface area contributed by atoms with E-state index in [1.165, 1.54) is 0 Å². The predicted octanol–water partition coefficient (Wildman–Crippen LogP) is 3.40. The Labute approximate surface area is 120 Å². The molecule has 100 valence electrons. The summed E-state index contributed by atoms with van der Waals surface area (Å²) in [5, 5.41) is 11.4. The average molecular weight is 286 g/mol. The Balaban J connectivity index is 1.70. The van der Waals surface area contributed by atoms with Crippen molar-refractivity contribution in [3.05, 3.63) is 59.2 Å². The molecule has 0 spiro atoms. The number of nitrogens with zero attached hydrogens (tertiary/aromatic N) is 1. The molecule has 0 aliphatic carbocycles. The molecule has 1 amide bonds. The second kappa shape index (κ2) is 5.35. The van der Waals surface area contributed by atoms with E-state index in [0.29, 0.717) is 11.4 Å². The summed E-state index contributed by atoms with van der Waals surface area (Å²) in [6.07, 6.45) is 2.06. The summed E-state index contributed by atoms with van der Waals surface area (Å²) in [6, 6.07) is 12.9. The monoisotopic (exact) mass is 285 g/mol. The number of benzene rings is 2. The number of nitrogens with one attached hydrogen (secondary N) is 2. The second-order valence-corrected chi connectivity index (χ2v) is 4.96. The molecule has 2 N–H and O–H groups in total. The Morgan fingerprint density at radius 3 is 2.80 bits per heavy atom. The summed E-state index contributed by atoms with van der Waals surface area (Å²) in [7, 11) is 0. The van der Waals surface area contributed by atoms with Crippen LogP contribution in [0.25, 0.3) is 10.9 Å². The summed E-state index contributed by atoms with van der Waals surface area (Å²) in [4.78, 5) is 12.0. The van der Waals surface area contributed by atoms with Crippen molar-refractivity contribution in [1.29, 1.82) is 0 Å². The second-order valence-electron chi connectivity index (χ2n) is 4.52. The van der Waals surface area contributed by atoms with E-state index in [9.17, 15) is 4.79 Å². The highest BCUT2D eigenvalue weighted by Crippen LogP contribution is 2.17. The van der Waals surface area contributed by atoms with Gasteiger partial charge in [-0.25, -0.2) is 0 Å². The van der Waals surface area contributed by atoms with E-state index in [2.05, 4.69) is 15.5 Å². The van der Waals surface area contributed by atoms with Crippen molar-refractivity contribution in [2.45, 2.75) is 6.42 Å². The van der Waals surface area contributed by atoms with E-state index in [-0.39, 0.29) is 5.91 Å². The molecule has 3 rings (SSSR count). The van der Waals surface area contributed by atoms with Gasteiger partial charge in [0.15, 0.2) is 0 Å². The van der Waals surface area contributed by atoms with Gasteiger partial charge in [-0.15, -0.1) is 0 Å². The first kappa shape index (κ1) is 12.7. The number of aromatic amines is 1. The normalized spacial score (nSPS) is 10.7. The first-order valence-corrected chi connectivity index (χ1v) is 6.56. The number of anilines is 1. The lowest BCUT2D eigenvalue weighted by Crippen LogP contribution is -2.14. The largest absolute Gasteiger partial charge is 0.326 e. The van der Waals surface area contributed by atoms with Gasteiger partial charge in [0.2, 0.25) is 5.91 Å². The lowest BCUT2D eigenvalue weighted by molar-refractivity contribution is -0.115. The molecule has 0 aliphatic rings. The number of hydrogen-bond donors (Lipinski definition) is 2. The third kappa shape index (κ3) is 2.81. The number of H-pyrrole nitrogens is 1. The lowest BCUT2D eigenvalue weighted by atomic mass is 10.1. The molecule has 4 nitrogen and oxygen atoms in total. The van der Waals surface area contributed by atoms with Gasteiger partial charge in [0.1, 0.15) is 0 Å². The molecule has 3 aromatic rings. The summed E-state index contributed by atoms with van der Waals surface area (Å²) in [6.45, 7) is 0. The fourth-order valence-electron chi connectivity index (χ4n) is 2.01. The molecule has 5 heteroatoms. The van der Waals surface area contributed by atoms with Gasteiger partial charge in [0.25, 0.3) is 0 Å². The first-order chi connectivity index (χ1) is 9.70. The summed E-state index contributed by atoms with van der Waals surface area (Å²) >= 11 is 5.81. The number of aromatic nitrogens is 2. The number of hydrogen-bond acceptors (Lipinski definition) is 2. The van der Waals surface area contributed by atoms with Crippen LogP contribution in [0.1, 0.15) is 5.56 Å². The van der Waals surface area contributed by atoms with E-state index in [4.69, 9.17) is 11.6 Å². The van der Waals surface area contributed by atoms with Gasteiger partial charge < -0.3 is 5.32 Å². The van der Waals surface area contributed by atoms with Gasteiger partial charge in [-0.05, 0) is 35.9 Å². The van der Waals surface area contributed by atoms with Crippen LogP contribution < -0.4 is 5.32 Å². The smallest absolute Gasteiger partial charge is 0.228 e. The van der Waals surface area contributed by atoms with Crippen molar-refractivity contribution in [1.82, 2.24) is 10.2 Å². The molecule has 2 aromatic carbocycles. The Morgan fingerprint density at radius 2 is 2.00 bits per heavy atom. The van der Waals surface area contributed by atoms with Gasteiger partial charge in [-0.1, -0.05) is 23.7 Å². The molecule has 0 bridgehead atoms. The van der Waals surface area contributed by atoms with E-state index in [0.717, 1.165) is 22.2 Å². The van der Waals surface area contributed by atoms with Crippen molar-refractivity contribution in [2.24, 2.45) is 0 Å². The number of rotatable bonds is 3. The van der Waals surface area contributed by atoms with Crippen LogP contribution in [0.2, 0.25) is 5.02 Å². The molecule has 0 saturated carbocycles.